The van der Waals surface area contributed by atoms with Gasteiger partial charge in [0.15, 0.2) is 0 Å². The molecule has 0 saturated heterocycles. The van der Waals surface area contributed by atoms with Crippen LogP contribution in [0.2, 0.25) is 0 Å². The van der Waals surface area contributed by atoms with Crippen molar-refractivity contribution in [2.75, 3.05) is 12.3 Å². The number of hydrogen-bond acceptors (Lipinski definition) is 5. The lowest BCUT2D eigenvalue weighted by Crippen LogP contribution is -2.27. The van der Waals surface area contributed by atoms with Crippen LogP contribution in [0.1, 0.15) is 23.4 Å². The molecule has 0 saturated carbocycles. The highest BCUT2D eigenvalue weighted by Crippen LogP contribution is 2.18. The third-order valence-corrected chi connectivity index (χ3v) is 5.15. The van der Waals surface area contributed by atoms with Crippen LogP contribution in [0.4, 0.5) is 4.39 Å². The Morgan fingerprint density at radius 1 is 1.27 bits per heavy atom. The van der Waals surface area contributed by atoms with Gasteiger partial charge in [0, 0.05) is 28.4 Å². The molecule has 2 aromatic heterocycles. The number of amides is 1. The van der Waals surface area contributed by atoms with Crippen LogP contribution in [-0.2, 0) is 11.2 Å². The maximum absolute atomic E-state index is 12.9. The third-order valence-electron chi connectivity index (χ3n) is 4.05. The van der Waals surface area contributed by atoms with Crippen molar-refractivity contribution < 1.29 is 9.18 Å². The number of aromatic nitrogens is 4. The molecule has 1 amide bonds. The van der Waals surface area contributed by atoms with Gasteiger partial charge in [-0.15, -0.1) is 11.8 Å². The van der Waals surface area contributed by atoms with Crippen molar-refractivity contribution in [2.45, 2.75) is 31.6 Å². The smallest absolute Gasteiger partial charge is 0.252 e. The molecule has 2 heterocycles. The van der Waals surface area contributed by atoms with Crippen LogP contribution in [0.3, 0.4) is 0 Å². The minimum absolute atomic E-state index is 0.0377. The summed E-state index contributed by atoms with van der Waals surface area (Å²) in [5.74, 6) is 1.13. The second-order valence-corrected chi connectivity index (χ2v) is 7.08. The largest absolute Gasteiger partial charge is 0.356 e. The number of carbonyl (C=O) groups is 1. The fourth-order valence-corrected chi connectivity index (χ4v) is 3.51. The second-order valence-electron chi connectivity index (χ2n) is 5.92. The van der Waals surface area contributed by atoms with Crippen LogP contribution in [0.5, 0.6) is 0 Å². The summed E-state index contributed by atoms with van der Waals surface area (Å²) in [5, 5.41) is 7.07. The molecular weight excluding hydrogens is 353 g/mol. The number of benzene rings is 1. The average Bonchev–Trinajstić information content (AvgIpc) is 3.08. The van der Waals surface area contributed by atoms with Gasteiger partial charge in [0.25, 0.3) is 5.78 Å². The predicted molar refractivity (Wildman–Crippen MR) is 98.7 cm³/mol. The van der Waals surface area contributed by atoms with Crippen LogP contribution in [0, 0.1) is 19.7 Å². The van der Waals surface area contributed by atoms with E-state index in [2.05, 4.69) is 20.4 Å². The molecule has 0 bridgehead atoms. The quantitative estimate of drug-likeness (QED) is 0.509. The topological polar surface area (TPSA) is 72.2 Å². The average molecular weight is 373 g/mol. The molecule has 3 aromatic rings. The Balaban J connectivity index is 1.46. The summed E-state index contributed by atoms with van der Waals surface area (Å²) in [6, 6.07) is 6.43. The predicted octanol–water partition coefficient (Wildman–Crippen LogP) is 2.72. The fourth-order valence-electron chi connectivity index (χ4n) is 2.66. The summed E-state index contributed by atoms with van der Waals surface area (Å²) in [7, 11) is 0. The van der Waals surface area contributed by atoms with Crippen LogP contribution in [0.25, 0.3) is 5.78 Å². The number of nitrogens with one attached hydrogen (secondary N) is 1. The molecule has 0 radical (unpaired) electrons. The molecule has 6 nitrogen and oxygen atoms in total. The van der Waals surface area contributed by atoms with E-state index in [0.717, 1.165) is 34.0 Å². The van der Waals surface area contributed by atoms with Crippen molar-refractivity contribution in [2.24, 2.45) is 0 Å². The first-order chi connectivity index (χ1) is 12.5. The van der Waals surface area contributed by atoms with Gasteiger partial charge in [0.1, 0.15) is 12.1 Å². The number of thioether (sulfide) groups is 1. The lowest BCUT2D eigenvalue weighted by molar-refractivity contribution is -0.120. The highest BCUT2D eigenvalue weighted by atomic mass is 32.2. The van der Waals surface area contributed by atoms with E-state index in [0.29, 0.717) is 12.3 Å². The van der Waals surface area contributed by atoms with Crippen molar-refractivity contribution in [1.29, 1.82) is 0 Å². The fraction of sp³-hybridized carbons (Fsp3) is 0.333. The molecule has 0 aliphatic heterocycles. The number of carbonyl (C=O) groups excluding carboxylic acids is 1. The monoisotopic (exact) mass is 373 g/mol. The van der Waals surface area contributed by atoms with Crippen molar-refractivity contribution in [3.63, 3.8) is 0 Å². The summed E-state index contributed by atoms with van der Waals surface area (Å²) in [6.45, 7) is 4.39. The van der Waals surface area contributed by atoms with Crippen LogP contribution >= 0.6 is 11.8 Å². The third kappa shape index (κ3) is 4.37. The van der Waals surface area contributed by atoms with Crippen LogP contribution in [-0.4, -0.2) is 37.8 Å². The molecule has 8 heteroatoms. The van der Waals surface area contributed by atoms with E-state index in [1.807, 2.05) is 13.8 Å². The highest BCUT2D eigenvalue weighted by molar-refractivity contribution is 7.99. The first-order valence-electron chi connectivity index (χ1n) is 8.35. The molecule has 1 aromatic carbocycles. The standard InChI is InChI=1S/C18H20FN5OS/c1-12-16(13(2)24-18(23-12)21-11-22-24)10-17(25)20-8-3-9-26-15-6-4-14(19)5-7-15/h4-7,11H,3,8-10H2,1-2H3,(H,20,25). The minimum Gasteiger partial charge on any atom is -0.356 e. The van der Waals surface area contributed by atoms with Crippen molar-refractivity contribution in [3.8, 4) is 0 Å². The molecule has 1 N–H and O–H groups in total. The molecule has 0 aliphatic rings. The van der Waals surface area contributed by atoms with E-state index >= 15 is 0 Å². The Morgan fingerprint density at radius 3 is 2.81 bits per heavy atom. The number of aryl methyl sites for hydroxylation is 2. The van der Waals surface area contributed by atoms with E-state index in [-0.39, 0.29) is 18.1 Å². The van der Waals surface area contributed by atoms with E-state index < -0.39 is 0 Å². The minimum atomic E-state index is -0.231. The van der Waals surface area contributed by atoms with Crippen molar-refractivity contribution in [3.05, 3.63) is 53.4 Å². The molecule has 26 heavy (non-hydrogen) atoms. The van der Waals surface area contributed by atoms with Gasteiger partial charge >= 0.3 is 0 Å². The number of nitrogens with zero attached hydrogens (tertiary/aromatic N) is 4. The number of rotatable bonds is 7. The van der Waals surface area contributed by atoms with E-state index in [9.17, 15) is 9.18 Å². The van der Waals surface area contributed by atoms with Gasteiger partial charge in [-0.3, -0.25) is 4.79 Å². The normalized spacial score (nSPS) is 11.0. The molecule has 0 unspecified atom stereocenters. The maximum Gasteiger partial charge on any atom is 0.252 e. The maximum atomic E-state index is 12.9. The summed E-state index contributed by atoms with van der Waals surface area (Å²) >= 11 is 1.65. The Morgan fingerprint density at radius 2 is 2.04 bits per heavy atom. The van der Waals surface area contributed by atoms with E-state index in [4.69, 9.17) is 0 Å². The zero-order valence-corrected chi connectivity index (χ0v) is 15.5. The Bertz CT molecular complexity index is 910. The zero-order valence-electron chi connectivity index (χ0n) is 14.7. The van der Waals surface area contributed by atoms with E-state index in [1.165, 1.54) is 18.5 Å². The highest BCUT2D eigenvalue weighted by Gasteiger charge is 2.14. The molecule has 0 aliphatic carbocycles. The summed E-state index contributed by atoms with van der Waals surface area (Å²) < 4.78 is 14.5. The molecule has 0 spiro atoms. The summed E-state index contributed by atoms with van der Waals surface area (Å²) in [5.41, 5.74) is 2.55. The Hall–Kier alpha value is -2.48. The van der Waals surface area contributed by atoms with Gasteiger partial charge < -0.3 is 5.32 Å². The number of hydrogen-bond donors (Lipinski definition) is 1. The zero-order chi connectivity index (χ0) is 18.5. The van der Waals surface area contributed by atoms with Crippen LogP contribution < -0.4 is 5.32 Å². The molecule has 0 atom stereocenters. The second kappa shape index (κ2) is 8.27. The van der Waals surface area contributed by atoms with Crippen molar-refractivity contribution >= 4 is 23.4 Å². The van der Waals surface area contributed by atoms with Gasteiger partial charge in [-0.25, -0.2) is 13.9 Å². The van der Waals surface area contributed by atoms with Gasteiger partial charge in [-0.05, 0) is 50.3 Å². The Labute approximate surface area is 155 Å². The van der Waals surface area contributed by atoms with Gasteiger partial charge in [0.2, 0.25) is 5.91 Å². The lowest BCUT2D eigenvalue weighted by atomic mass is 10.1. The van der Waals surface area contributed by atoms with Gasteiger partial charge in [-0.1, -0.05) is 0 Å². The first kappa shape index (κ1) is 18.3. The molecule has 3 rings (SSSR count). The summed E-state index contributed by atoms with van der Waals surface area (Å²) in [6.07, 6.45) is 2.56. The van der Waals surface area contributed by atoms with Gasteiger partial charge in [0.05, 0.1) is 6.42 Å². The SMILES string of the molecule is Cc1nc2ncnn2c(C)c1CC(=O)NCCCSc1ccc(F)cc1. The Kier molecular flexibility index (Phi) is 5.82. The molecule has 0 fully saturated rings. The molecule has 136 valence electrons. The van der Waals surface area contributed by atoms with E-state index in [1.54, 1.807) is 28.4 Å². The van der Waals surface area contributed by atoms with Crippen molar-refractivity contribution in [1.82, 2.24) is 24.9 Å². The summed E-state index contributed by atoms with van der Waals surface area (Å²) in [4.78, 5) is 21.7. The molecular formula is C18H20FN5OS. The lowest BCUT2D eigenvalue weighted by Gasteiger charge is -2.10. The first-order valence-corrected chi connectivity index (χ1v) is 9.34. The van der Waals surface area contributed by atoms with Crippen LogP contribution in [0.15, 0.2) is 35.5 Å². The van der Waals surface area contributed by atoms with Gasteiger partial charge in [-0.2, -0.15) is 10.1 Å². The number of halogens is 1. The number of fused-ring (bicyclic) bond motifs is 1.